The Hall–Kier alpha value is -0.950. The van der Waals surface area contributed by atoms with Gasteiger partial charge >= 0.3 is 0 Å². The van der Waals surface area contributed by atoms with Gasteiger partial charge in [0, 0.05) is 44.6 Å². The molecule has 4 fully saturated rings. The fraction of sp³-hybridized carbons (Fsp3) is 0.864. The van der Waals surface area contributed by atoms with Crippen LogP contribution in [0.3, 0.4) is 0 Å². The van der Waals surface area contributed by atoms with Crippen LogP contribution >= 0.6 is 0 Å². The highest BCUT2D eigenvalue weighted by Gasteiger charge is 2.58. The van der Waals surface area contributed by atoms with Gasteiger partial charge in [0.05, 0.1) is 30.3 Å². The zero-order valence-corrected chi connectivity index (χ0v) is 16.7. The van der Waals surface area contributed by atoms with Gasteiger partial charge in [0.2, 0.25) is 5.91 Å². The first-order chi connectivity index (χ1) is 13.6. The van der Waals surface area contributed by atoms with Crippen LogP contribution in [0.25, 0.3) is 0 Å². The third kappa shape index (κ3) is 3.42. The number of rotatable bonds is 3. The summed E-state index contributed by atoms with van der Waals surface area (Å²) in [6.07, 6.45) is 8.45. The minimum absolute atomic E-state index is 0.0527. The molecule has 2 bridgehead atoms. The van der Waals surface area contributed by atoms with Crippen molar-refractivity contribution in [3.8, 4) is 0 Å². The van der Waals surface area contributed by atoms with Crippen LogP contribution in [0.15, 0.2) is 11.6 Å². The van der Waals surface area contributed by atoms with Gasteiger partial charge in [-0.15, -0.1) is 0 Å². The number of carbonyl (C=O) groups excluding carboxylic acids is 1. The second-order valence-corrected chi connectivity index (χ2v) is 9.66. The number of hydrogen-bond acceptors (Lipinski definition) is 5. The van der Waals surface area contributed by atoms with Gasteiger partial charge in [-0.25, -0.2) is 0 Å². The number of piperidine rings is 1. The Kier molecular flexibility index (Phi) is 5.24. The van der Waals surface area contributed by atoms with Crippen LogP contribution < -0.4 is 0 Å². The molecule has 0 aromatic rings. The van der Waals surface area contributed by atoms with Crippen LogP contribution in [0.1, 0.15) is 44.9 Å². The van der Waals surface area contributed by atoms with Crippen molar-refractivity contribution in [1.82, 2.24) is 9.80 Å². The van der Waals surface area contributed by atoms with Crippen LogP contribution in [0.4, 0.5) is 0 Å². The van der Waals surface area contributed by atoms with Gasteiger partial charge in [-0.3, -0.25) is 9.69 Å². The molecule has 1 amide bonds. The number of nitrogens with zero attached hydrogens (tertiary/aromatic N) is 2. The normalized spacial score (nSPS) is 41.8. The molecule has 0 spiro atoms. The van der Waals surface area contributed by atoms with Crippen molar-refractivity contribution in [3.63, 3.8) is 0 Å². The lowest BCUT2D eigenvalue weighted by atomic mass is 9.82. The minimum Gasteiger partial charge on any atom is -0.393 e. The molecule has 1 unspecified atom stereocenters. The average molecular weight is 391 g/mol. The zero-order valence-electron chi connectivity index (χ0n) is 16.7. The highest BCUT2D eigenvalue weighted by Crippen LogP contribution is 2.47. The lowest BCUT2D eigenvalue weighted by Gasteiger charge is -2.37. The first-order valence-corrected chi connectivity index (χ1v) is 11.3. The Bertz CT molecular complexity index is 630. The monoisotopic (exact) mass is 390 g/mol. The summed E-state index contributed by atoms with van der Waals surface area (Å²) in [5.74, 6) is 0.538. The van der Waals surface area contributed by atoms with E-state index in [1.165, 1.54) is 25.7 Å². The summed E-state index contributed by atoms with van der Waals surface area (Å²) in [4.78, 5) is 17.6. The maximum absolute atomic E-state index is 13.2. The topological polar surface area (TPSA) is 73.2 Å². The quantitative estimate of drug-likeness (QED) is 0.708. The third-order valence-corrected chi connectivity index (χ3v) is 7.85. The summed E-state index contributed by atoms with van der Waals surface area (Å²) in [7, 11) is 0. The Morgan fingerprint density at radius 1 is 1.14 bits per heavy atom. The SMILES string of the molecule is O=C(C1C[C@@H]2O[C@H]1[C@H]1CN(CC3=CCCCC3)C[C@H]1[C@@H]2O)N1CCC(O)CC1. The summed E-state index contributed by atoms with van der Waals surface area (Å²) in [5.41, 5.74) is 1.55. The van der Waals surface area contributed by atoms with E-state index in [1.807, 2.05) is 4.90 Å². The van der Waals surface area contributed by atoms with Crippen molar-refractivity contribution in [2.24, 2.45) is 17.8 Å². The van der Waals surface area contributed by atoms with Crippen molar-refractivity contribution in [2.45, 2.75) is 69.4 Å². The van der Waals surface area contributed by atoms with Crippen molar-refractivity contribution < 1.29 is 19.7 Å². The van der Waals surface area contributed by atoms with Gasteiger partial charge in [0.25, 0.3) is 0 Å². The van der Waals surface area contributed by atoms with E-state index in [-0.39, 0.29) is 42.0 Å². The van der Waals surface area contributed by atoms with Crippen LogP contribution in [-0.4, -0.2) is 83.1 Å². The molecule has 6 atom stereocenters. The fourth-order valence-electron chi connectivity index (χ4n) is 6.31. The summed E-state index contributed by atoms with van der Waals surface area (Å²) in [6, 6.07) is 0. The standard InChI is InChI=1S/C22H34N2O4/c25-15-6-8-24(9-7-15)22(27)16-10-19-20(26)17-12-23(13-18(17)21(16)28-19)11-14-4-2-1-3-5-14/h4,15-21,25-26H,1-3,5-13H2/t16?,17-,18+,19+,20+,21-/m1/s1. The minimum atomic E-state index is -0.451. The molecule has 6 heteroatoms. The Morgan fingerprint density at radius 3 is 2.68 bits per heavy atom. The number of aliphatic hydroxyl groups excluding tert-OH is 2. The number of amides is 1. The molecule has 6 nitrogen and oxygen atoms in total. The lowest BCUT2D eigenvalue weighted by Crippen LogP contribution is -2.49. The van der Waals surface area contributed by atoms with E-state index in [4.69, 9.17) is 4.74 Å². The molecule has 0 radical (unpaired) electrons. The van der Waals surface area contributed by atoms with Gasteiger partial charge in [0.1, 0.15) is 0 Å². The van der Waals surface area contributed by atoms with Crippen LogP contribution in [0.2, 0.25) is 0 Å². The van der Waals surface area contributed by atoms with Crippen LogP contribution in [0, 0.1) is 17.8 Å². The largest absolute Gasteiger partial charge is 0.393 e. The van der Waals surface area contributed by atoms with Gasteiger partial charge in [-0.05, 0) is 44.9 Å². The van der Waals surface area contributed by atoms with Gasteiger partial charge in [0.15, 0.2) is 0 Å². The van der Waals surface area contributed by atoms with Crippen molar-refractivity contribution >= 4 is 5.91 Å². The number of carbonyl (C=O) groups is 1. The number of aliphatic hydroxyl groups is 2. The summed E-state index contributed by atoms with van der Waals surface area (Å²) >= 11 is 0. The smallest absolute Gasteiger partial charge is 0.228 e. The maximum Gasteiger partial charge on any atom is 0.228 e. The average Bonchev–Trinajstić information content (AvgIpc) is 3.31. The predicted molar refractivity (Wildman–Crippen MR) is 105 cm³/mol. The second kappa shape index (κ2) is 7.71. The summed E-state index contributed by atoms with van der Waals surface area (Å²) in [5, 5.41) is 20.6. The predicted octanol–water partition coefficient (Wildman–Crippen LogP) is 1.17. The number of hydrogen-bond donors (Lipinski definition) is 2. The molecule has 0 aromatic carbocycles. The highest BCUT2D eigenvalue weighted by molar-refractivity contribution is 5.80. The van der Waals surface area contributed by atoms with E-state index in [1.54, 1.807) is 5.57 Å². The number of likely N-dealkylation sites (tertiary alicyclic amines) is 2. The Balaban J connectivity index is 1.27. The van der Waals surface area contributed by atoms with Gasteiger partial charge in [-0.1, -0.05) is 11.6 Å². The van der Waals surface area contributed by atoms with Crippen molar-refractivity contribution in [1.29, 1.82) is 0 Å². The number of allylic oxidation sites excluding steroid dienone is 1. The summed E-state index contributed by atoms with van der Waals surface area (Å²) in [6.45, 7) is 4.16. The van der Waals surface area contributed by atoms with Crippen LogP contribution in [-0.2, 0) is 9.53 Å². The van der Waals surface area contributed by atoms with Gasteiger partial charge in [-0.2, -0.15) is 0 Å². The molecular formula is C22H34N2O4. The Morgan fingerprint density at radius 2 is 1.93 bits per heavy atom. The molecule has 28 heavy (non-hydrogen) atoms. The van der Waals surface area contributed by atoms with Gasteiger partial charge < -0.3 is 19.8 Å². The maximum atomic E-state index is 13.2. The molecular weight excluding hydrogens is 356 g/mol. The number of fused-ring (bicyclic) bond motifs is 4. The van der Waals surface area contributed by atoms with E-state index in [2.05, 4.69) is 11.0 Å². The number of ether oxygens (including phenoxy) is 1. The van der Waals surface area contributed by atoms with Crippen molar-refractivity contribution in [2.75, 3.05) is 32.7 Å². The van der Waals surface area contributed by atoms with Crippen molar-refractivity contribution in [3.05, 3.63) is 11.6 Å². The van der Waals surface area contributed by atoms with E-state index < -0.39 is 6.10 Å². The van der Waals surface area contributed by atoms with E-state index in [0.29, 0.717) is 32.4 Å². The second-order valence-electron chi connectivity index (χ2n) is 9.66. The molecule has 5 aliphatic rings. The lowest BCUT2D eigenvalue weighted by molar-refractivity contribution is -0.148. The summed E-state index contributed by atoms with van der Waals surface area (Å²) < 4.78 is 6.22. The third-order valence-electron chi connectivity index (χ3n) is 7.85. The Labute approximate surface area is 167 Å². The zero-order chi connectivity index (χ0) is 19.3. The van der Waals surface area contributed by atoms with E-state index in [0.717, 1.165) is 19.6 Å². The molecule has 0 aromatic heterocycles. The molecule has 2 N–H and O–H groups in total. The molecule has 156 valence electrons. The first-order valence-electron chi connectivity index (χ1n) is 11.3. The fourth-order valence-corrected chi connectivity index (χ4v) is 6.31. The molecule has 1 aliphatic carbocycles. The van der Waals surface area contributed by atoms with E-state index >= 15 is 0 Å². The molecule has 5 rings (SSSR count). The molecule has 4 heterocycles. The molecule has 4 aliphatic heterocycles. The van der Waals surface area contributed by atoms with Crippen LogP contribution in [0.5, 0.6) is 0 Å². The first kappa shape index (κ1) is 19.0. The highest BCUT2D eigenvalue weighted by atomic mass is 16.5. The van der Waals surface area contributed by atoms with E-state index in [9.17, 15) is 15.0 Å². The molecule has 4 saturated heterocycles. The molecule has 0 saturated carbocycles.